The van der Waals surface area contributed by atoms with Gasteiger partial charge in [-0.1, -0.05) is 26.0 Å². The van der Waals surface area contributed by atoms with E-state index in [4.69, 9.17) is 10.5 Å². The number of nitriles is 1. The Morgan fingerprint density at radius 2 is 1.86 bits per heavy atom. The second-order valence-corrected chi connectivity index (χ2v) is 8.57. The molecule has 6 nitrogen and oxygen atoms in total. The molecule has 1 aliphatic carbocycles. The first-order chi connectivity index (χ1) is 13.8. The summed E-state index contributed by atoms with van der Waals surface area (Å²) < 4.78 is 19.0. The summed E-state index contributed by atoms with van der Waals surface area (Å²) in [7, 11) is 0. The first kappa shape index (κ1) is 19.6. The van der Waals surface area contributed by atoms with E-state index in [1.165, 1.54) is 12.1 Å². The fourth-order valence-corrected chi connectivity index (χ4v) is 4.56. The zero-order chi connectivity index (χ0) is 20.8. The molecule has 3 aliphatic rings. The second kappa shape index (κ2) is 7.29. The Kier molecular flexibility index (Phi) is 4.93. The minimum atomic E-state index is -0.573. The monoisotopic (exact) mass is 396 g/mol. The highest BCUT2D eigenvalue weighted by Crippen LogP contribution is 2.49. The highest BCUT2D eigenvalue weighted by molar-refractivity contribution is 6.00. The van der Waals surface area contributed by atoms with Gasteiger partial charge in [0.05, 0.1) is 30.8 Å². The molecule has 2 aliphatic heterocycles. The maximum absolute atomic E-state index is 13.5. The van der Waals surface area contributed by atoms with Gasteiger partial charge in [0.2, 0.25) is 0 Å². The van der Waals surface area contributed by atoms with Gasteiger partial charge in [-0.05, 0) is 29.5 Å². The molecule has 2 heterocycles. The number of hydrogen-bond donors (Lipinski definition) is 1. The number of ether oxygens (including phenoxy) is 1. The lowest BCUT2D eigenvalue weighted by atomic mass is 9.69. The van der Waals surface area contributed by atoms with E-state index in [1.807, 2.05) is 5.01 Å². The van der Waals surface area contributed by atoms with E-state index in [0.717, 1.165) is 5.70 Å². The number of rotatable bonds is 2. The van der Waals surface area contributed by atoms with Crippen LogP contribution in [0.3, 0.4) is 0 Å². The third-order valence-electron chi connectivity index (χ3n) is 5.83. The minimum Gasteiger partial charge on any atom is -0.383 e. The highest BCUT2D eigenvalue weighted by atomic mass is 19.1. The van der Waals surface area contributed by atoms with Crippen LogP contribution in [0.1, 0.15) is 38.2 Å². The summed E-state index contributed by atoms with van der Waals surface area (Å²) in [5, 5.41) is 13.9. The van der Waals surface area contributed by atoms with Gasteiger partial charge in [0.15, 0.2) is 5.78 Å². The smallest absolute Gasteiger partial charge is 0.162 e. The van der Waals surface area contributed by atoms with Crippen LogP contribution in [0, 0.1) is 22.6 Å². The summed E-state index contributed by atoms with van der Waals surface area (Å²) in [6, 6.07) is 8.21. The van der Waals surface area contributed by atoms with Crippen molar-refractivity contribution in [2.45, 2.75) is 32.6 Å². The lowest BCUT2D eigenvalue weighted by molar-refractivity contribution is -0.119. The minimum absolute atomic E-state index is 0.0177. The van der Waals surface area contributed by atoms with Gasteiger partial charge < -0.3 is 10.5 Å². The van der Waals surface area contributed by atoms with Gasteiger partial charge in [-0.2, -0.15) is 5.26 Å². The Bertz CT molecular complexity index is 937. The number of hydrogen-bond acceptors (Lipinski definition) is 6. The molecule has 0 saturated carbocycles. The molecule has 4 rings (SSSR count). The fraction of sp³-hybridized carbons (Fsp3) is 0.455. The average molecular weight is 396 g/mol. The molecule has 1 atom stereocenters. The molecule has 152 valence electrons. The Morgan fingerprint density at radius 1 is 1.21 bits per heavy atom. The number of ketones is 1. The number of Topliss-reactive ketones (excluding diaryl/α,β-unsaturated/α-hetero) is 1. The third kappa shape index (κ3) is 3.43. The van der Waals surface area contributed by atoms with Crippen molar-refractivity contribution in [3.8, 4) is 6.07 Å². The number of halogens is 1. The van der Waals surface area contributed by atoms with E-state index in [0.29, 0.717) is 61.7 Å². The lowest BCUT2D eigenvalue weighted by Crippen LogP contribution is -2.53. The Hall–Kier alpha value is -2.69. The molecule has 0 amide bonds. The van der Waals surface area contributed by atoms with Crippen molar-refractivity contribution in [2.24, 2.45) is 11.1 Å². The molecule has 1 aromatic carbocycles. The number of benzene rings is 1. The number of nitrogens with zero attached hydrogens (tertiary/aromatic N) is 3. The number of carbonyl (C=O) groups excluding carboxylic acids is 1. The summed E-state index contributed by atoms with van der Waals surface area (Å²) in [5.74, 6) is -0.575. The van der Waals surface area contributed by atoms with Gasteiger partial charge in [-0.3, -0.25) is 9.80 Å². The maximum Gasteiger partial charge on any atom is 0.162 e. The fourth-order valence-electron chi connectivity index (χ4n) is 4.56. The molecule has 1 saturated heterocycles. The largest absolute Gasteiger partial charge is 0.383 e. The highest BCUT2D eigenvalue weighted by Gasteiger charge is 2.45. The van der Waals surface area contributed by atoms with Crippen molar-refractivity contribution >= 4 is 5.78 Å². The summed E-state index contributed by atoms with van der Waals surface area (Å²) >= 11 is 0. The van der Waals surface area contributed by atoms with Crippen LogP contribution >= 0.6 is 0 Å². The average Bonchev–Trinajstić information content (AvgIpc) is 2.67. The van der Waals surface area contributed by atoms with Gasteiger partial charge in [-0.15, -0.1) is 0 Å². The van der Waals surface area contributed by atoms with Crippen molar-refractivity contribution in [1.29, 1.82) is 5.26 Å². The first-order valence-electron chi connectivity index (χ1n) is 9.86. The third-order valence-corrected chi connectivity index (χ3v) is 5.83. The molecule has 0 unspecified atom stereocenters. The van der Waals surface area contributed by atoms with Crippen molar-refractivity contribution in [3.05, 3.63) is 58.3 Å². The predicted molar refractivity (Wildman–Crippen MR) is 105 cm³/mol. The summed E-state index contributed by atoms with van der Waals surface area (Å²) in [6.07, 6.45) is 1.07. The van der Waals surface area contributed by atoms with E-state index >= 15 is 0 Å². The van der Waals surface area contributed by atoms with Gasteiger partial charge in [0, 0.05) is 30.8 Å². The normalized spacial score (nSPS) is 25.1. The van der Waals surface area contributed by atoms with Crippen LogP contribution in [0.5, 0.6) is 0 Å². The Balaban J connectivity index is 1.91. The quantitative estimate of drug-likeness (QED) is 0.828. The van der Waals surface area contributed by atoms with Gasteiger partial charge in [0.1, 0.15) is 11.6 Å². The molecule has 0 bridgehead atoms. The van der Waals surface area contributed by atoms with Crippen molar-refractivity contribution in [2.75, 3.05) is 26.3 Å². The second-order valence-electron chi connectivity index (χ2n) is 8.57. The number of nitrogens with two attached hydrogens (primary N) is 1. The SMILES string of the molecule is CC1(C)CC(=O)C2=C(C1)N(N1CCOCC1)C(N)=C(C#N)[C@H]2c1ccc(F)cc1. The summed E-state index contributed by atoms with van der Waals surface area (Å²) in [6.45, 7) is 6.52. The Morgan fingerprint density at radius 3 is 2.48 bits per heavy atom. The standard InChI is InChI=1S/C22H25FN4O2/c1-22(2)11-17-20(18(28)12-22)19(14-3-5-15(23)6-4-14)16(13-24)21(25)27(17)26-7-9-29-10-8-26/h3-6,19H,7-12,25H2,1-2H3/t19-/m1/s1. The zero-order valence-electron chi connectivity index (χ0n) is 16.7. The summed E-state index contributed by atoms with van der Waals surface area (Å²) in [5.41, 5.74) is 8.82. The molecule has 0 radical (unpaired) electrons. The van der Waals surface area contributed by atoms with Crippen LogP contribution in [0.2, 0.25) is 0 Å². The van der Waals surface area contributed by atoms with Gasteiger partial charge in [0.25, 0.3) is 0 Å². The van der Waals surface area contributed by atoms with E-state index in [1.54, 1.807) is 12.1 Å². The first-order valence-corrected chi connectivity index (χ1v) is 9.86. The number of hydrazine groups is 1. The maximum atomic E-state index is 13.5. The van der Waals surface area contributed by atoms with Crippen molar-refractivity contribution < 1.29 is 13.9 Å². The van der Waals surface area contributed by atoms with E-state index in [-0.39, 0.29) is 17.0 Å². The van der Waals surface area contributed by atoms with E-state index in [9.17, 15) is 14.4 Å². The number of carbonyl (C=O) groups is 1. The van der Waals surface area contributed by atoms with Crippen LogP contribution in [-0.4, -0.2) is 42.1 Å². The number of allylic oxidation sites excluding steroid dienone is 3. The van der Waals surface area contributed by atoms with Crippen LogP contribution in [-0.2, 0) is 9.53 Å². The topological polar surface area (TPSA) is 82.6 Å². The van der Waals surface area contributed by atoms with Crippen LogP contribution in [0.4, 0.5) is 4.39 Å². The molecular weight excluding hydrogens is 371 g/mol. The Labute approximate surface area is 170 Å². The molecule has 1 aromatic rings. The number of morpholine rings is 1. The van der Waals surface area contributed by atoms with Crippen LogP contribution in [0.15, 0.2) is 46.9 Å². The molecular formula is C22H25FN4O2. The molecule has 0 spiro atoms. The van der Waals surface area contributed by atoms with Crippen LogP contribution < -0.4 is 5.73 Å². The molecule has 2 N–H and O–H groups in total. The molecule has 0 aromatic heterocycles. The molecule has 1 fully saturated rings. The van der Waals surface area contributed by atoms with E-state index < -0.39 is 5.92 Å². The zero-order valence-corrected chi connectivity index (χ0v) is 16.7. The molecule has 7 heteroatoms. The predicted octanol–water partition coefficient (Wildman–Crippen LogP) is 2.81. The van der Waals surface area contributed by atoms with Crippen molar-refractivity contribution in [1.82, 2.24) is 10.0 Å². The van der Waals surface area contributed by atoms with Gasteiger partial charge in [-0.25, -0.2) is 9.40 Å². The van der Waals surface area contributed by atoms with E-state index in [2.05, 4.69) is 24.9 Å². The summed E-state index contributed by atoms with van der Waals surface area (Å²) in [4.78, 5) is 13.3. The lowest BCUT2D eigenvalue weighted by Gasteiger charge is -2.48. The van der Waals surface area contributed by atoms with Crippen LogP contribution in [0.25, 0.3) is 0 Å². The van der Waals surface area contributed by atoms with Crippen molar-refractivity contribution in [3.63, 3.8) is 0 Å². The molecule has 29 heavy (non-hydrogen) atoms. The van der Waals surface area contributed by atoms with Gasteiger partial charge >= 0.3 is 0 Å².